The lowest BCUT2D eigenvalue weighted by Gasteiger charge is -2.18. The largest absolute Gasteiger partial charge is 0.457 e. The highest BCUT2D eigenvalue weighted by Gasteiger charge is 2.28. The molecule has 0 saturated carbocycles. The normalized spacial score (nSPS) is 13.8. The van der Waals surface area contributed by atoms with Gasteiger partial charge in [0.25, 0.3) is 0 Å². The van der Waals surface area contributed by atoms with Crippen LogP contribution >= 0.6 is 23.1 Å². The van der Waals surface area contributed by atoms with E-state index in [0.29, 0.717) is 16.4 Å². The summed E-state index contributed by atoms with van der Waals surface area (Å²) in [6.45, 7) is 6.28. The summed E-state index contributed by atoms with van der Waals surface area (Å²) < 4.78 is 9.90. The molecule has 0 aliphatic heterocycles. The van der Waals surface area contributed by atoms with E-state index in [-0.39, 0.29) is 11.5 Å². The lowest BCUT2D eigenvalue weighted by Crippen LogP contribution is -2.19. The number of rotatable bonds is 2. The van der Waals surface area contributed by atoms with Gasteiger partial charge in [0.2, 0.25) is 0 Å². The molecular weight excluding hydrogens is 306 g/mol. The number of aromatic nitrogens is 2. The van der Waals surface area contributed by atoms with Gasteiger partial charge >= 0.3 is 0 Å². The first-order valence-corrected chi connectivity index (χ1v) is 7.79. The van der Waals surface area contributed by atoms with Crippen molar-refractivity contribution in [2.45, 2.75) is 32.2 Å². The molecule has 2 N–H and O–H groups in total. The molecule has 3 rings (SSSR count). The average Bonchev–Trinajstić information content (AvgIpc) is 3.04. The zero-order valence-electron chi connectivity index (χ0n) is 12.1. The number of nitrogens with two attached hydrogens (primary N) is 1. The Labute approximate surface area is 132 Å². The van der Waals surface area contributed by atoms with Crippen molar-refractivity contribution in [1.82, 2.24) is 9.59 Å². The smallest absolute Gasteiger partial charge is 0.152 e. The van der Waals surface area contributed by atoms with Crippen molar-refractivity contribution < 1.29 is 4.42 Å². The summed E-state index contributed by atoms with van der Waals surface area (Å²) in [7, 11) is 0. The van der Waals surface area contributed by atoms with Crippen LogP contribution in [0.15, 0.2) is 28.7 Å². The molecule has 0 spiro atoms. The van der Waals surface area contributed by atoms with Crippen molar-refractivity contribution in [2.24, 2.45) is 5.73 Å². The second-order valence-electron chi connectivity index (χ2n) is 6.02. The Hall–Kier alpha value is -1.43. The molecule has 0 amide bonds. The van der Waals surface area contributed by atoms with Gasteiger partial charge in [-0.25, -0.2) is 0 Å². The van der Waals surface area contributed by atoms with E-state index in [1.54, 1.807) is 6.07 Å². The Kier molecular flexibility index (Phi) is 3.51. The summed E-state index contributed by atoms with van der Waals surface area (Å²) in [4.78, 5) is 0.928. The van der Waals surface area contributed by atoms with Crippen molar-refractivity contribution in [3.63, 3.8) is 0 Å². The van der Waals surface area contributed by atoms with Gasteiger partial charge in [0.1, 0.15) is 11.8 Å². The van der Waals surface area contributed by atoms with Crippen LogP contribution in [-0.4, -0.2) is 9.59 Å². The monoisotopic (exact) mass is 321 g/mol. The molecule has 0 radical (unpaired) electrons. The van der Waals surface area contributed by atoms with Crippen molar-refractivity contribution in [1.29, 1.82) is 0 Å². The van der Waals surface area contributed by atoms with Gasteiger partial charge in [0.15, 0.2) is 5.58 Å². The van der Waals surface area contributed by atoms with Crippen LogP contribution in [0.3, 0.4) is 0 Å². The van der Waals surface area contributed by atoms with Gasteiger partial charge < -0.3 is 10.2 Å². The standard InChI is InChI=1S/C15H16ClN3OS/c1-15(2,3)14-13(21-19-18-14)11(17)10-7-8-5-4-6-9(16)12(8)20-10/h4-7,11H,17H2,1-3H3. The highest BCUT2D eigenvalue weighted by Crippen LogP contribution is 2.35. The molecule has 3 aromatic rings. The molecular formula is C15H16ClN3OS. The molecule has 0 fully saturated rings. The van der Waals surface area contributed by atoms with Gasteiger partial charge in [-0.1, -0.05) is 49.0 Å². The van der Waals surface area contributed by atoms with E-state index in [1.807, 2.05) is 18.2 Å². The Morgan fingerprint density at radius 2 is 2.10 bits per heavy atom. The Morgan fingerprint density at radius 1 is 1.33 bits per heavy atom. The highest BCUT2D eigenvalue weighted by atomic mass is 35.5. The fraction of sp³-hybridized carbons (Fsp3) is 0.333. The van der Waals surface area contributed by atoms with Crippen LogP contribution in [0.2, 0.25) is 5.02 Å². The fourth-order valence-electron chi connectivity index (χ4n) is 2.25. The molecule has 2 heterocycles. The van der Waals surface area contributed by atoms with Crippen LogP contribution in [-0.2, 0) is 5.41 Å². The number of nitrogens with zero attached hydrogens (tertiary/aromatic N) is 2. The minimum absolute atomic E-state index is 0.108. The van der Waals surface area contributed by atoms with E-state index in [0.717, 1.165) is 16.0 Å². The van der Waals surface area contributed by atoms with Crippen LogP contribution in [0.1, 0.15) is 43.1 Å². The lowest BCUT2D eigenvalue weighted by atomic mass is 9.90. The summed E-state index contributed by atoms with van der Waals surface area (Å²) in [6, 6.07) is 7.19. The van der Waals surface area contributed by atoms with Gasteiger partial charge in [-0.3, -0.25) is 0 Å². The molecule has 0 aliphatic rings. The Morgan fingerprint density at radius 3 is 2.76 bits per heavy atom. The third-order valence-corrected chi connectivity index (χ3v) is 4.43. The summed E-state index contributed by atoms with van der Waals surface area (Å²) in [6.07, 6.45) is 0. The zero-order chi connectivity index (χ0) is 15.2. The quantitative estimate of drug-likeness (QED) is 0.765. The van der Waals surface area contributed by atoms with Crippen molar-refractivity contribution >= 4 is 34.1 Å². The number of furan rings is 1. The van der Waals surface area contributed by atoms with Gasteiger partial charge in [0.05, 0.1) is 15.6 Å². The van der Waals surface area contributed by atoms with E-state index in [1.165, 1.54) is 11.5 Å². The first kappa shape index (κ1) is 14.5. The predicted octanol–water partition coefficient (Wildman–Crippen LogP) is 4.28. The molecule has 110 valence electrons. The zero-order valence-corrected chi connectivity index (χ0v) is 13.6. The van der Waals surface area contributed by atoms with Crippen molar-refractivity contribution in [3.8, 4) is 0 Å². The summed E-state index contributed by atoms with van der Waals surface area (Å²) in [5, 5.41) is 5.76. The van der Waals surface area contributed by atoms with Crippen LogP contribution in [0, 0.1) is 0 Å². The molecule has 0 bridgehead atoms. The minimum atomic E-state index is -0.386. The molecule has 0 saturated heterocycles. The summed E-state index contributed by atoms with van der Waals surface area (Å²) in [5.74, 6) is 0.676. The number of para-hydroxylation sites is 1. The molecule has 21 heavy (non-hydrogen) atoms. The maximum Gasteiger partial charge on any atom is 0.152 e. The molecule has 4 nitrogen and oxygen atoms in total. The highest BCUT2D eigenvalue weighted by molar-refractivity contribution is 7.05. The molecule has 1 aromatic carbocycles. The topological polar surface area (TPSA) is 64.9 Å². The van der Waals surface area contributed by atoms with Crippen LogP contribution in [0.5, 0.6) is 0 Å². The van der Waals surface area contributed by atoms with Crippen molar-refractivity contribution in [3.05, 3.63) is 45.6 Å². The van der Waals surface area contributed by atoms with E-state index in [9.17, 15) is 0 Å². The fourth-order valence-corrected chi connectivity index (χ4v) is 3.35. The van der Waals surface area contributed by atoms with E-state index >= 15 is 0 Å². The molecule has 1 atom stereocenters. The first-order chi connectivity index (χ1) is 9.88. The van der Waals surface area contributed by atoms with Crippen LogP contribution < -0.4 is 5.73 Å². The van der Waals surface area contributed by atoms with Gasteiger partial charge in [0, 0.05) is 10.8 Å². The maximum absolute atomic E-state index is 6.37. The number of hydrogen-bond acceptors (Lipinski definition) is 5. The molecule has 0 aliphatic carbocycles. The number of benzene rings is 1. The van der Waals surface area contributed by atoms with E-state index in [2.05, 4.69) is 30.4 Å². The molecule has 1 unspecified atom stereocenters. The number of hydrogen-bond donors (Lipinski definition) is 1. The second kappa shape index (κ2) is 5.09. The van der Waals surface area contributed by atoms with Gasteiger partial charge in [-0.15, -0.1) is 5.10 Å². The van der Waals surface area contributed by atoms with Gasteiger partial charge in [-0.05, 0) is 23.7 Å². The number of halogens is 1. The van der Waals surface area contributed by atoms with Crippen LogP contribution in [0.4, 0.5) is 0 Å². The third-order valence-electron chi connectivity index (χ3n) is 3.33. The Balaban J connectivity index is 2.07. The van der Waals surface area contributed by atoms with Crippen LogP contribution in [0.25, 0.3) is 11.0 Å². The molecule has 2 aromatic heterocycles. The first-order valence-electron chi connectivity index (χ1n) is 6.64. The van der Waals surface area contributed by atoms with E-state index < -0.39 is 0 Å². The van der Waals surface area contributed by atoms with Crippen molar-refractivity contribution in [2.75, 3.05) is 0 Å². The lowest BCUT2D eigenvalue weighted by molar-refractivity contribution is 0.513. The van der Waals surface area contributed by atoms with Gasteiger partial charge in [-0.2, -0.15) is 0 Å². The average molecular weight is 322 g/mol. The second-order valence-corrected chi connectivity index (χ2v) is 7.21. The predicted molar refractivity (Wildman–Crippen MR) is 85.9 cm³/mol. The SMILES string of the molecule is CC(C)(C)c1nnsc1C(N)c1cc2cccc(Cl)c2o1. The van der Waals surface area contributed by atoms with E-state index in [4.69, 9.17) is 21.8 Å². The summed E-state index contributed by atoms with van der Waals surface area (Å²) >= 11 is 7.46. The Bertz CT molecular complexity index is 788. The number of fused-ring (bicyclic) bond motifs is 1. The summed E-state index contributed by atoms with van der Waals surface area (Å²) in [5.41, 5.74) is 7.83. The minimum Gasteiger partial charge on any atom is -0.457 e. The third kappa shape index (κ3) is 2.57. The maximum atomic E-state index is 6.37. The molecule has 6 heteroatoms.